The maximum atomic E-state index is 11.6. The summed E-state index contributed by atoms with van der Waals surface area (Å²) in [6.45, 7) is 8.75. The lowest BCUT2D eigenvalue weighted by Gasteiger charge is -2.26. The Morgan fingerprint density at radius 3 is 2.24 bits per heavy atom. The van der Waals surface area contributed by atoms with Gasteiger partial charge in [0.1, 0.15) is 5.75 Å². The number of carbonyl (C=O) groups is 1. The maximum absolute atomic E-state index is 11.6. The number of hydrogen-bond donors (Lipinski definition) is 5. The summed E-state index contributed by atoms with van der Waals surface area (Å²) in [4.78, 5) is 11.6. The smallest absolute Gasteiger partial charge is 0.394 e. The van der Waals surface area contributed by atoms with Crippen LogP contribution >= 0.6 is 0 Å². The number of hydrazine groups is 1. The van der Waals surface area contributed by atoms with E-state index in [0.717, 1.165) is 18.4 Å². The number of phenolic OH excluding ortho intramolecular Hbond substituents is 1. The predicted molar refractivity (Wildman–Crippen MR) is 95.7 cm³/mol. The first-order chi connectivity index (χ1) is 11.3. The van der Waals surface area contributed by atoms with Crippen LogP contribution in [0, 0.1) is 5.92 Å². The third kappa shape index (κ3) is 10.0. The summed E-state index contributed by atoms with van der Waals surface area (Å²) in [6.07, 6.45) is 3.38. The number of hydrogen-bond acceptors (Lipinski definition) is 5. The minimum atomic E-state index is -4.67. The molecule has 25 heavy (non-hydrogen) atoms. The molecule has 1 amide bonds. The Morgan fingerprint density at radius 2 is 1.80 bits per heavy atom. The first-order valence-corrected chi connectivity index (χ1v) is 9.22. The van der Waals surface area contributed by atoms with Gasteiger partial charge in [-0.15, -0.1) is 0 Å². The van der Waals surface area contributed by atoms with Crippen LogP contribution in [0.2, 0.25) is 0 Å². The van der Waals surface area contributed by atoms with Crippen molar-refractivity contribution in [3.8, 4) is 5.75 Å². The summed E-state index contributed by atoms with van der Waals surface area (Å²) < 4.78 is 31.6. The number of rotatable bonds is 6. The number of nitrogens with one attached hydrogen (secondary N) is 1. The molecule has 0 spiro atoms. The largest absolute Gasteiger partial charge is 0.507 e. The van der Waals surface area contributed by atoms with Gasteiger partial charge in [0.25, 0.3) is 5.91 Å². The quantitative estimate of drug-likeness (QED) is 0.221. The minimum absolute atomic E-state index is 0.0355. The second kappa shape index (κ2) is 9.71. The van der Waals surface area contributed by atoms with E-state index < -0.39 is 16.3 Å². The van der Waals surface area contributed by atoms with E-state index in [1.165, 1.54) is 6.42 Å². The minimum Gasteiger partial charge on any atom is -0.507 e. The Balaban J connectivity index is 0.00000101. The summed E-state index contributed by atoms with van der Waals surface area (Å²) in [5.74, 6) is 5.32. The van der Waals surface area contributed by atoms with Gasteiger partial charge in [-0.25, -0.2) is 5.84 Å². The number of benzene rings is 1. The Morgan fingerprint density at radius 1 is 1.28 bits per heavy atom. The predicted octanol–water partition coefficient (Wildman–Crippen LogP) is 2.45. The first kappa shape index (κ1) is 23.3. The fourth-order valence-electron chi connectivity index (χ4n) is 2.31. The van der Waals surface area contributed by atoms with Crippen LogP contribution in [0.5, 0.6) is 5.75 Å². The van der Waals surface area contributed by atoms with Gasteiger partial charge >= 0.3 is 10.4 Å². The zero-order valence-corrected chi connectivity index (χ0v) is 15.8. The third-order valence-electron chi connectivity index (χ3n) is 3.74. The molecule has 0 bridgehead atoms. The molecule has 0 aliphatic rings. The van der Waals surface area contributed by atoms with Crippen molar-refractivity contribution in [2.75, 3.05) is 0 Å². The van der Waals surface area contributed by atoms with E-state index in [-0.39, 0.29) is 16.7 Å². The van der Waals surface area contributed by atoms with E-state index in [0.29, 0.717) is 5.92 Å². The van der Waals surface area contributed by atoms with Crippen molar-refractivity contribution in [1.29, 1.82) is 0 Å². The number of aromatic hydroxyl groups is 1. The fraction of sp³-hybridized carbons (Fsp3) is 0.562. The van der Waals surface area contributed by atoms with Crippen molar-refractivity contribution >= 4 is 16.3 Å². The molecule has 6 N–H and O–H groups in total. The molecule has 0 heterocycles. The lowest BCUT2D eigenvalue weighted by molar-refractivity contribution is 0.0950. The highest BCUT2D eigenvalue weighted by Gasteiger charge is 2.22. The van der Waals surface area contributed by atoms with Gasteiger partial charge in [-0.2, -0.15) is 8.42 Å². The van der Waals surface area contributed by atoms with Crippen LogP contribution in [-0.2, 0) is 15.8 Å². The molecule has 1 aromatic rings. The Labute approximate surface area is 149 Å². The molecular weight excluding hydrogens is 348 g/mol. The molecule has 1 rings (SSSR count). The average molecular weight is 376 g/mol. The van der Waals surface area contributed by atoms with Crippen LogP contribution in [0.25, 0.3) is 0 Å². The standard InChI is InChI=1S/C16H26N2O2.H2O4S/c1-11(2)6-5-9-16(3,4)12-7-8-14(19)13(10-12)15(20)18-17;1-5(2,3)4/h7-8,10-11,19H,5-6,9,17H2,1-4H3,(H,18,20);(H2,1,2,3,4). The molecule has 0 radical (unpaired) electrons. The molecule has 144 valence electrons. The van der Waals surface area contributed by atoms with Crippen molar-refractivity contribution in [2.24, 2.45) is 11.8 Å². The van der Waals surface area contributed by atoms with Crippen LogP contribution < -0.4 is 11.3 Å². The fourth-order valence-corrected chi connectivity index (χ4v) is 2.31. The van der Waals surface area contributed by atoms with Gasteiger partial charge in [-0.3, -0.25) is 19.3 Å². The highest BCUT2D eigenvalue weighted by atomic mass is 32.3. The van der Waals surface area contributed by atoms with Gasteiger partial charge in [0.2, 0.25) is 0 Å². The van der Waals surface area contributed by atoms with Gasteiger partial charge in [0, 0.05) is 0 Å². The molecule has 9 heteroatoms. The normalized spacial score (nSPS) is 11.7. The van der Waals surface area contributed by atoms with Crippen LogP contribution in [-0.4, -0.2) is 28.5 Å². The van der Waals surface area contributed by atoms with Crippen LogP contribution in [0.3, 0.4) is 0 Å². The van der Waals surface area contributed by atoms with Crippen molar-refractivity contribution in [1.82, 2.24) is 5.43 Å². The highest BCUT2D eigenvalue weighted by Crippen LogP contribution is 2.32. The van der Waals surface area contributed by atoms with E-state index in [9.17, 15) is 9.90 Å². The molecule has 0 fully saturated rings. The van der Waals surface area contributed by atoms with Gasteiger partial charge in [0.15, 0.2) is 0 Å². The molecule has 0 atom stereocenters. The van der Waals surface area contributed by atoms with E-state index in [4.69, 9.17) is 23.4 Å². The summed E-state index contributed by atoms with van der Waals surface area (Å²) >= 11 is 0. The van der Waals surface area contributed by atoms with Crippen molar-refractivity contribution in [2.45, 2.75) is 52.4 Å². The lowest BCUT2D eigenvalue weighted by Crippen LogP contribution is -2.30. The van der Waals surface area contributed by atoms with E-state index in [1.54, 1.807) is 12.1 Å². The lowest BCUT2D eigenvalue weighted by atomic mass is 9.79. The molecule has 0 aliphatic heterocycles. The molecule has 0 saturated carbocycles. The SMILES string of the molecule is CC(C)CCCC(C)(C)c1ccc(O)c(C(=O)NN)c1.O=S(=O)(O)O. The Hall–Kier alpha value is -1.68. The van der Waals surface area contributed by atoms with E-state index in [2.05, 4.69) is 33.1 Å². The van der Waals surface area contributed by atoms with E-state index in [1.807, 2.05) is 6.07 Å². The number of nitrogens with two attached hydrogens (primary N) is 1. The van der Waals surface area contributed by atoms with Crippen molar-refractivity contribution < 1.29 is 27.4 Å². The maximum Gasteiger partial charge on any atom is 0.394 e. The van der Waals surface area contributed by atoms with E-state index >= 15 is 0 Å². The summed E-state index contributed by atoms with van der Waals surface area (Å²) in [7, 11) is -4.67. The average Bonchev–Trinajstić information content (AvgIpc) is 2.44. The van der Waals surface area contributed by atoms with Gasteiger partial charge in [-0.05, 0) is 35.4 Å². The molecule has 8 nitrogen and oxygen atoms in total. The number of carbonyl (C=O) groups excluding carboxylic acids is 1. The first-order valence-electron chi connectivity index (χ1n) is 7.82. The molecule has 0 aliphatic carbocycles. The highest BCUT2D eigenvalue weighted by molar-refractivity contribution is 7.79. The van der Waals surface area contributed by atoms with Crippen LogP contribution in [0.1, 0.15) is 62.9 Å². The number of amides is 1. The van der Waals surface area contributed by atoms with Crippen LogP contribution in [0.15, 0.2) is 18.2 Å². The molecule has 0 aromatic heterocycles. The second-order valence-corrected chi connectivity index (χ2v) is 7.72. The molecule has 1 aromatic carbocycles. The summed E-state index contributed by atoms with van der Waals surface area (Å²) in [5, 5.41) is 9.73. The third-order valence-corrected chi connectivity index (χ3v) is 3.74. The Kier molecular flexibility index (Phi) is 9.06. The summed E-state index contributed by atoms with van der Waals surface area (Å²) in [6, 6.07) is 5.16. The molecule has 0 saturated heterocycles. The second-order valence-electron chi connectivity index (χ2n) is 6.82. The van der Waals surface area contributed by atoms with Gasteiger partial charge < -0.3 is 5.11 Å². The number of nitrogen functional groups attached to an aromatic ring is 1. The molecular formula is C16H28N2O6S. The Bertz CT molecular complexity index is 663. The van der Waals surface area contributed by atoms with Gasteiger partial charge in [-0.1, -0.05) is 46.6 Å². The van der Waals surface area contributed by atoms with Crippen molar-refractivity contribution in [3.63, 3.8) is 0 Å². The molecule has 0 unspecified atom stereocenters. The monoisotopic (exact) mass is 376 g/mol. The topological polar surface area (TPSA) is 150 Å². The van der Waals surface area contributed by atoms with Crippen LogP contribution in [0.4, 0.5) is 0 Å². The zero-order chi connectivity index (χ0) is 19.8. The van der Waals surface area contributed by atoms with Gasteiger partial charge in [0.05, 0.1) is 5.56 Å². The summed E-state index contributed by atoms with van der Waals surface area (Å²) in [5.41, 5.74) is 3.29. The zero-order valence-electron chi connectivity index (χ0n) is 15.0. The van der Waals surface area contributed by atoms with Crippen molar-refractivity contribution in [3.05, 3.63) is 29.3 Å². The number of phenols is 1.